The summed E-state index contributed by atoms with van der Waals surface area (Å²) in [7, 11) is 0. The Morgan fingerprint density at radius 3 is 2.42 bits per heavy atom. The quantitative estimate of drug-likeness (QED) is 0.484. The molecule has 0 aromatic heterocycles. The van der Waals surface area contributed by atoms with Crippen LogP contribution in [0.2, 0.25) is 0 Å². The minimum absolute atomic E-state index is 0.518. The lowest BCUT2D eigenvalue weighted by atomic mass is 9.78. The lowest BCUT2D eigenvalue weighted by Crippen LogP contribution is -2.38. The average molecular weight is 416 g/mol. The van der Waals surface area contributed by atoms with E-state index in [0.29, 0.717) is 12.0 Å². The van der Waals surface area contributed by atoms with Gasteiger partial charge in [0.05, 0.1) is 5.41 Å². The van der Waals surface area contributed by atoms with Crippen molar-refractivity contribution in [1.82, 2.24) is 0 Å². The maximum atomic E-state index is 11.6. The monoisotopic (exact) mass is 415 g/mol. The van der Waals surface area contributed by atoms with Crippen LogP contribution in [0.4, 0.5) is 5.69 Å². The van der Waals surface area contributed by atoms with Crippen LogP contribution in [0, 0.1) is 0 Å². The molecule has 0 spiro atoms. The zero-order valence-electron chi connectivity index (χ0n) is 18.8. The Balaban J connectivity index is 1.57. The Hall–Kier alpha value is -2.81. The van der Waals surface area contributed by atoms with Crippen LogP contribution in [0.3, 0.4) is 0 Å². The third-order valence-electron chi connectivity index (χ3n) is 7.14. The van der Waals surface area contributed by atoms with E-state index >= 15 is 0 Å². The highest BCUT2D eigenvalue weighted by molar-refractivity contribution is 5.94. The molecule has 1 aliphatic carbocycles. The smallest absolute Gasteiger partial charge is 0.313 e. The molecule has 31 heavy (non-hydrogen) atoms. The van der Waals surface area contributed by atoms with Crippen molar-refractivity contribution in [1.29, 1.82) is 0 Å². The number of carbonyl (C=O) groups is 1. The number of hydrogen-bond acceptors (Lipinski definition) is 2. The van der Waals surface area contributed by atoms with Crippen LogP contribution in [0.1, 0.15) is 63.5 Å². The number of rotatable bonds is 6. The molecule has 162 valence electrons. The number of hydrogen-bond donors (Lipinski definition) is 1. The van der Waals surface area contributed by atoms with Crippen LogP contribution >= 0.6 is 0 Å². The molecule has 1 fully saturated rings. The molecule has 0 radical (unpaired) electrons. The van der Waals surface area contributed by atoms with Gasteiger partial charge >= 0.3 is 5.97 Å². The van der Waals surface area contributed by atoms with Gasteiger partial charge in [-0.2, -0.15) is 0 Å². The molecule has 1 saturated carbocycles. The molecule has 3 aromatic carbocycles. The Labute approximate surface area is 185 Å². The minimum Gasteiger partial charge on any atom is -0.481 e. The Bertz CT molecular complexity index is 1050. The van der Waals surface area contributed by atoms with E-state index in [2.05, 4.69) is 66.4 Å². The molecule has 0 bridgehead atoms. The number of aliphatic carboxylic acids is 1. The van der Waals surface area contributed by atoms with E-state index in [1.807, 2.05) is 12.1 Å². The molecule has 2 unspecified atom stereocenters. The third-order valence-corrected chi connectivity index (χ3v) is 7.14. The lowest BCUT2D eigenvalue weighted by Gasteiger charge is -2.39. The second kappa shape index (κ2) is 8.74. The van der Waals surface area contributed by atoms with E-state index in [9.17, 15) is 9.90 Å². The molecule has 2 atom stereocenters. The highest BCUT2D eigenvalue weighted by atomic mass is 16.4. The summed E-state index contributed by atoms with van der Waals surface area (Å²) in [6, 6.07) is 24.1. The van der Waals surface area contributed by atoms with Crippen molar-refractivity contribution < 1.29 is 9.90 Å². The molecule has 0 amide bonds. The van der Waals surface area contributed by atoms with Crippen molar-refractivity contribution >= 4 is 22.4 Å². The second-order valence-corrected chi connectivity index (χ2v) is 9.35. The van der Waals surface area contributed by atoms with E-state index in [4.69, 9.17) is 0 Å². The molecule has 0 saturated heterocycles. The number of carboxylic acid groups (broad SMARTS) is 1. The molecule has 0 aliphatic heterocycles. The molecule has 3 aromatic rings. The fraction of sp³-hybridized carbons (Fsp3) is 0.393. The standard InChI is InChI=1S/C28H33NO2/c1-4-29(26-14-8-10-21-9-5-6-13-25(21)26)24-12-7-11-22(19-24)20-15-17-23(18-16-20)28(2,3)27(30)31/h5-6,8-10,13-18,22,24H,4,7,11-12,19H2,1-3H3,(H,30,31). The Kier molecular flexibility index (Phi) is 6.04. The summed E-state index contributed by atoms with van der Waals surface area (Å²) in [5.41, 5.74) is 2.68. The topological polar surface area (TPSA) is 40.5 Å². The zero-order chi connectivity index (χ0) is 22.0. The van der Waals surface area contributed by atoms with Crippen molar-refractivity contribution in [3.63, 3.8) is 0 Å². The summed E-state index contributed by atoms with van der Waals surface area (Å²) in [6.07, 6.45) is 4.78. The number of nitrogens with zero attached hydrogens (tertiary/aromatic N) is 1. The van der Waals surface area contributed by atoms with Gasteiger partial charge in [-0.1, -0.05) is 67.1 Å². The first-order chi connectivity index (χ1) is 14.9. The predicted octanol–water partition coefficient (Wildman–Crippen LogP) is 6.75. The first kappa shape index (κ1) is 21.4. The van der Waals surface area contributed by atoms with Crippen LogP contribution in [0.5, 0.6) is 0 Å². The van der Waals surface area contributed by atoms with E-state index in [1.54, 1.807) is 13.8 Å². The van der Waals surface area contributed by atoms with Gasteiger partial charge in [0.25, 0.3) is 0 Å². The average Bonchev–Trinajstić information content (AvgIpc) is 2.80. The normalized spacial score (nSPS) is 19.3. The van der Waals surface area contributed by atoms with E-state index in [1.165, 1.54) is 41.3 Å². The summed E-state index contributed by atoms with van der Waals surface area (Å²) >= 11 is 0. The van der Waals surface area contributed by atoms with E-state index in [0.717, 1.165) is 18.5 Å². The largest absolute Gasteiger partial charge is 0.481 e. The van der Waals surface area contributed by atoms with Gasteiger partial charge in [0, 0.05) is 23.7 Å². The molecule has 4 rings (SSSR count). The number of carboxylic acids is 1. The molecule has 3 heteroatoms. The third kappa shape index (κ3) is 4.19. The molecule has 0 heterocycles. The summed E-state index contributed by atoms with van der Waals surface area (Å²) in [4.78, 5) is 14.2. The summed E-state index contributed by atoms with van der Waals surface area (Å²) < 4.78 is 0. The molecule has 1 N–H and O–H groups in total. The van der Waals surface area contributed by atoms with E-state index in [-0.39, 0.29) is 0 Å². The number of fused-ring (bicyclic) bond motifs is 1. The molecular formula is C28H33NO2. The zero-order valence-corrected chi connectivity index (χ0v) is 18.8. The summed E-state index contributed by atoms with van der Waals surface area (Å²) in [6.45, 7) is 6.79. The van der Waals surface area contributed by atoms with Crippen LogP contribution < -0.4 is 4.90 Å². The van der Waals surface area contributed by atoms with Crippen molar-refractivity contribution in [2.24, 2.45) is 0 Å². The number of anilines is 1. The van der Waals surface area contributed by atoms with E-state index < -0.39 is 11.4 Å². The van der Waals surface area contributed by atoms with Gasteiger partial charge in [0.15, 0.2) is 0 Å². The van der Waals surface area contributed by atoms with Gasteiger partial charge in [0.1, 0.15) is 0 Å². The molecule has 1 aliphatic rings. The highest BCUT2D eigenvalue weighted by Gasteiger charge is 2.31. The molecule has 3 nitrogen and oxygen atoms in total. The van der Waals surface area contributed by atoms with Crippen molar-refractivity contribution in [3.8, 4) is 0 Å². The highest BCUT2D eigenvalue weighted by Crippen LogP contribution is 2.39. The fourth-order valence-electron chi connectivity index (χ4n) is 5.13. The Morgan fingerprint density at radius 2 is 1.71 bits per heavy atom. The van der Waals surface area contributed by atoms with Crippen LogP contribution in [-0.4, -0.2) is 23.7 Å². The van der Waals surface area contributed by atoms with Gasteiger partial charge in [-0.05, 0) is 68.5 Å². The SMILES string of the molecule is CCN(c1cccc2ccccc12)C1CCCC(c2ccc(C(C)(C)C(=O)O)cc2)C1. The maximum absolute atomic E-state index is 11.6. The van der Waals surface area contributed by atoms with Crippen LogP contribution in [0.15, 0.2) is 66.7 Å². The van der Waals surface area contributed by atoms with Gasteiger partial charge in [-0.15, -0.1) is 0 Å². The summed E-state index contributed by atoms with van der Waals surface area (Å²) in [5.74, 6) is -0.267. The lowest BCUT2D eigenvalue weighted by molar-refractivity contribution is -0.142. The van der Waals surface area contributed by atoms with Crippen molar-refractivity contribution in [3.05, 3.63) is 77.9 Å². The maximum Gasteiger partial charge on any atom is 0.313 e. The minimum atomic E-state index is -0.860. The van der Waals surface area contributed by atoms with Gasteiger partial charge < -0.3 is 10.0 Å². The van der Waals surface area contributed by atoms with Gasteiger partial charge in [-0.25, -0.2) is 0 Å². The first-order valence-electron chi connectivity index (χ1n) is 11.5. The van der Waals surface area contributed by atoms with Gasteiger partial charge in [0.2, 0.25) is 0 Å². The predicted molar refractivity (Wildman–Crippen MR) is 129 cm³/mol. The second-order valence-electron chi connectivity index (χ2n) is 9.35. The fourth-order valence-corrected chi connectivity index (χ4v) is 5.13. The van der Waals surface area contributed by atoms with Crippen molar-refractivity contribution in [2.75, 3.05) is 11.4 Å². The van der Waals surface area contributed by atoms with Crippen molar-refractivity contribution in [2.45, 2.75) is 63.8 Å². The Morgan fingerprint density at radius 1 is 1.00 bits per heavy atom. The number of benzene rings is 3. The van der Waals surface area contributed by atoms with Crippen LogP contribution in [-0.2, 0) is 10.2 Å². The molecular weight excluding hydrogens is 382 g/mol. The van der Waals surface area contributed by atoms with Crippen LogP contribution in [0.25, 0.3) is 10.8 Å². The van der Waals surface area contributed by atoms with Gasteiger partial charge in [-0.3, -0.25) is 4.79 Å². The summed E-state index contributed by atoms with van der Waals surface area (Å²) in [5, 5.41) is 12.1. The first-order valence-corrected chi connectivity index (χ1v) is 11.5.